The molecule has 0 aromatic carbocycles. The highest BCUT2D eigenvalue weighted by Gasteiger charge is 2.19. The lowest BCUT2D eigenvalue weighted by Gasteiger charge is -2.25. The van der Waals surface area contributed by atoms with E-state index in [1.54, 1.807) is 0 Å². The molecule has 0 saturated heterocycles. The van der Waals surface area contributed by atoms with Gasteiger partial charge in [0.25, 0.3) is 0 Å². The number of nitrogens with one attached hydrogen (secondary N) is 1. The molecule has 1 fully saturated rings. The van der Waals surface area contributed by atoms with Gasteiger partial charge in [-0.3, -0.25) is 0 Å². The van der Waals surface area contributed by atoms with Gasteiger partial charge in [-0.15, -0.1) is 6.42 Å². The highest BCUT2D eigenvalue weighted by atomic mass is 14.9. The summed E-state index contributed by atoms with van der Waals surface area (Å²) in [5.74, 6) is 3.67. The molecule has 1 unspecified atom stereocenters. The molecule has 1 heteroatoms. The average Bonchev–Trinajstić information content (AvgIpc) is 2.21. The van der Waals surface area contributed by atoms with E-state index in [2.05, 4.69) is 18.2 Å². The van der Waals surface area contributed by atoms with Gasteiger partial charge in [0.1, 0.15) is 0 Å². The van der Waals surface area contributed by atoms with Crippen molar-refractivity contribution in [1.29, 1.82) is 0 Å². The Labute approximate surface area is 95.0 Å². The Balaban J connectivity index is 2.38. The zero-order chi connectivity index (χ0) is 10.9. The predicted molar refractivity (Wildman–Crippen MR) is 66.7 cm³/mol. The van der Waals surface area contributed by atoms with Crippen LogP contribution >= 0.6 is 0 Å². The maximum atomic E-state index is 5.62. The lowest BCUT2D eigenvalue weighted by Crippen LogP contribution is -2.35. The minimum Gasteiger partial charge on any atom is -0.303 e. The molecule has 1 rings (SSSR count). The van der Waals surface area contributed by atoms with Crippen molar-refractivity contribution in [3.05, 3.63) is 0 Å². The van der Waals surface area contributed by atoms with Gasteiger partial charge in [-0.05, 0) is 31.7 Å². The van der Waals surface area contributed by atoms with Crippen LogP contribution in [0.2, 0.25) is 0 Å². The third-order valence-corrected chi connectivity index (χ3v) is 3.42. The van der Waals surface area contributed by atoms with E-state index < -0.39 is 0 Å². The average molecular weight is 207 g/mol. The molecule has 0 spiro atoms. The van der Waals surface area contributed by atoms with E-state index in [4.69, 9.17) is 6.42 Å². The van der Waals surface area contributed by atoms with Crippen LogP contribution in [0.25, 0.3) is 0 Å². The van der Waals surface area contributed by atoms with E-state index in [0.717, 1.165) is 12.5 Å². The highest BCUT2D eigenvalue weighted by molar-refractivity contribution is 5.02. The summed E-state index contributed by atoms with van der Waals surface area (Å²) in [6, 6.07) is 0.322. The summed E-state index contributed by atoms with van der Waals surface area (Å²) in [5, 5.41) is 3.50. The van der Waals surface area contributed by atoms with E-state index >= 15 is 0 Å². The van der Waals surface area contributed by atoms with E-state index in [0.29, 0.717) is 6.04 Å². The van der Waals surface area contributed by atoms with Crippen LogP contribution in [0.4, 0.5) is 0 Å². The van der Waals surface area contributed by atoms with Crippen molar-refractivity contribution in [1.82, 2.24) is 5.32 Å². The van der Waals surface area contributed by atoms with Crippen LogP contribution in [0.3, 0.4) is 0 Å². The molecule has 0 bridgehead atoms. The highest BCUT2D eigenvalue weighted by Crippen LogP contribution is 2.24. The Kier molecular flexibility index (Phi) is 6.52. The molecule has 1 atom stereocenters. The lowest BCUT2D eigenvalue weighted by molar-refractivity contribution is 0.325. The normalized spacial score (nSPS) is 21.3. The molecule has 1 saturated carbocycles. The van der Waals surface area contributed by atoms with E-state index in [1.807, 2.05) is 0 Å². The first-order chi connectivity index (χ1) is 7.38. The molecule has 86 valence electrons. The van der Waals surface area contributed by atoms with Crippen molar-refractivity contribution in [2.45, 2.75) is 64.3 Å². The summed E-state index contributed by atoms with van der Waals surface area (Å²) >= 11 is 0. The Morgan fingerprint density at radius 2 is 1.80 bits per heavy atom. The van der Waals surface area contributed by atoms with E-state index in [-0.39, 0.29) is 0 Å². The smallest absolute Gasteiger partial charge is 0.0715 e. The van der Waals surface area contributed by atoms with Crippen LogP contribution in [0.1, 0.15) is 58.3 Å². The zero-order valence-corrected chi connectivity index (χ0v) is 10.1. The monoisotopic (exact) mass is 207 g/mol. The van der Waals surface area contributed by atoms with Crippen molar-refractivity contribution in [2.24, 2.45) is 5.92 Å². The fraction of sp³-hybridized carbons (Fsp3) is 0.857. The Morgan fingerprint density at radius 3 is 2.33 bits per heavy atom. The molecule has 0 aliphatic heterocycles. The Morgan fingerprint density at radius 1 is 1.20 bits per heavy atom. The second-order valence-electron chi connectivity index (χ2n) is 4.70. The van der Waals surface area contributed by atoms with Gasteiger partial charge in [0.15, 0.2) is 0 Å². The molecular weight excluding hydrogens is 182 g/mol. The maximum Gasteiger partial charge on any atom is 0.0715 e. The first-order valence-electron chi connectivity index (χ1n) is 6.58. The van der Waals surface area contributed by atoms with Crippen molar-refractivity contribution < 1.29 is 0 Å². The molecule has 0 amide bonds. The fourth-order valence-corrected chi connectivity index (χ4v) is 2.48. The Hall–Kier alpha value is -0.480. The molecule has 0 radical (unpaired) electrons. The van der Waals surface area contributed by atoms with Gasteiger partial charge in [-0.2, -0.15) is 0 Å². The first kappa shape index (κ1) is 12.6. The number of terminal acetylenes is 1. The molecule has 1 aliphatic rings. The summed E-state index contributed by atoms with van der Waals surface area (Å²) in [4.78, 5) is 0. The van der Waals surface area contributed by atoms with Crippen molar-refractivity contribution in [2.75, 3.05) is 6.54 Å². The van der Waals surface area contributed by atoms with E-state index in [9.17, 15) is 0 Å². The first-order valence-corrected chi connectivity index (χ1v) is 6.58. The molecular formula is C14H25N. The van der Waals surface area contributed by atoms with Gasteiger partial charge >= 0.3 is 0 Å². The standard InChI is InChI=1S/C14H25N/c1-3-12-15-14(4-2)13-10-8-6-5-7-9-11-13/h2,13-15H,3,5-12H2,1H3. The van der Waals surface area contributed by atoms with Gasteiger partial charge in [0, 0.05) is 0 Å². The molecule has 1 aliphatic carbocycles. The van der Waals surface area contributed by atoms with Crippen molar-refractivity contribution in [3.63, 3.8) is 0 Å². The molecule has 1 nitrogen and oxygen atoms in total. The quantitative estimate of drug-likeness (QED) is 0.697. The lowest BCUT2D eigenvalue weighted by atomic mass is 9.86. The van der Waals surface area contributed by atoms with Gasteiger partial charge in [0.05, 0.1) is 6.04 Å². The summed E-state index contributed by atoms with van der Waals surface area (Å²) in [6.07, 6.45) is 16.4. The Bertz CT molecular complexity index is 184. The molecule has 0 aromatic heterocycles. The van der Waals surface area contributed by atoms with Gasteiger partial charge in [-0.1, -0.05) is 44.9 Å². The van der Waals surface area contributed by atoms with Gasteiger partial charge in [0.2, 0.25) is 0 Å². The summed E-state index contributed by atoms with van der Waals surface area (Å²) < 4.78 is 0. The van der Waals surface area contributed by atoms with Crippen LogP contribution in [0, 0.1) is 18.3 Å². The summed E-state index contributed by atoms with van der Waals surface area (Å²) in [6.45, 7) is 3.25. The van der Waals surface area contributed by atoms with E-state index in [1.165, 1.54) is 51.4 Å². The van der Waals surface area contributed by atoms with Crippen LogP contribution in [-0.2, 0) is 0 Å². The topological polar surface area (TPSA) is 12.0 Å². The third kappa shape index (κ3) is 4.71. The van der Waals surface area contributed by atoms with Crippen LogP contribution in [0.5, 0.6) is 0 Å². The molecule has 1 N–H and O–H groups in total. The summed E-state index contributed by atoms with van der Waals surface area (Å²) in [7, 11) is 0. The number of hydrogen-bond donors (Lipinski definition) is 1. The van der Waals surface area contributed by atoms with Gasteiger partial charge in [-0.25, -0.2) is 0 Å². The second kappa shape index (κ2) is 7.77. The predicted octanol–water partition coefficient (Wildman–Crippen LogP) is 3.35. The van der Waals surface area contributed by atoms with Crippen LogP contribution in [-0.4, -0.2) is 12.6 Å². The number of rotatable bonds is 4. The largest absolute Gasteiger partial charge is 0.303 e. The second-order valence-corrected chi connectivity index (χ2v) is 4.70. The third-order valence-electron chi connectivity index (χ3n) is 3.42. The van der Waals surface area contributed by atoms with Crippen LogP contribution in [0.15, 0.2) is 0 Å². The SMILES string of the molecule is C#CC(NCCC)C1CCCCCCC1. The minimum atomic E-state index is 0.322. The molecule has 0 heterocycles. The maximum absolute atomic E-state index is 5.62. The van der Waals surface area contributed by atoms with Crippen molar-refractivity contribution in [3.8, 4) is 12.3 Å². The molecule has 0 aromatic rings. The molecule has 15 heavy (non-hydrogen) atoms. The van der Waals surface area contributed by atoms with Crippen molar-refractivity contribution >= 4 is 0 Å². The number of hydrogen-bond acceptors (Lipinski definition) is 1. The fourth-order valence-electron chi connectivity index (χ4n) is 2.48. The zero-order valence-electron chi connectivity index (χ0n) is 10.1. The van der Waals surface area contributed by atoms with Gasteiger partial charge < -0.3 is 5.32 Å². The summed E-state index contributed by atoms with van der Waals surface area (Å²) in [5.41, 5.74) is 0. The van der Waals surface area contributed by atoms with Crippen LogP contribution < -0.4 is 5.32 Å². The minimum absolute atomic E-state index is 0.322.